The molecule has 3 aromatic carbocycles. The van der Waals surface area contributed by atoms with Crippen molar-refractivity contribution < 1.29 is 29.0 Å². The average molecular weight is 589 g/mol. The predicted octanol–water partition coefficient (Wildman–Crippen LogP) is 9.48. The van der Waals surface area contributed by atoms with Crippen LogP contribution in [0.5, 0.6) is 0 Å². The summed E-state index contributed by atoms with van der Waals surface area (Å²) in [4.78, 5) is 34.9. The predicted molar refractivity (Wildman–Crippen MR) is 172 cm³/mol. The second kappa shape index (κ2) is 18.6. The highest BCUT2D eigenvalue weighted by Crippen LogP contribution is 2.21. The molecule has 1 N–H and O–H groups in total. The van der Waals surface area contributed by atoms with Gasteiger partial charge in [-0.05, 0) is 86.1 Å². The van der Waals surface area contributed by atoms with Crippen LogP contribution in [-0.4, -0.2) is 35.2 Å². The monoisotopic (exact) mass is 588 g/mol. The van der Waals surface area contributed by atoms with Gasteiger partial charge in [-0.1, -0.05) is 95.8 Å². The fraction of sp³-hybridized carbons (Fsp3) is 0.432. The molecule has 0 aliphatic rings. The molecule has 3 aromatic rings. The number of carboxylic acid groups (broad SMARTS) is 1. The van der Waals surface area contributed by atoms with Gasteiger partial charge < -0.3 is 14.6 Å². The number of esters is 2. The minimum atomic E-state index is -1.01. The van der Waals surface area contributed by atoms with Crippen molar-refractivity contribution in [2.45, 2.75) is 92.3 Å². The molecule has 0 heterocycles. The Labute approximate surface area is 257 Å². The van der Waals surface area contributed by atoms with Crippen LogP contribution in [0, 0.1) is 11.8 Å². The Balaban J connectivity index is 0.000000304. The van der Waals surface area contributed by atoms with Crippen molar-refractivity contribution >= 4 is 17.9 Å². The second-order valence-corrected chi connectivity index (χ2v) is 11.1. The summed E-state index contributed by atoms with van der Waals surface area (Å²) >= 11 is 0. The summed E-state index contributed by atoms with van der Waals surface area (Å²) < 4.78 is 11.0. The second-order valence-electron chi connectivity index (χ2n) is 11.1. The van der Waals surface area contributed by atoms with Crippen LogP contribution in [0.1, 0.15) is 111 Å². The van der Waals surface area contributed by atoms with E-state index in [0.29, 0.717) is 23.0 Å². The number of rotatable bonds is 14. The van der Waals surface area contributed by atoms with E-state index in [0.717, 1.165) is 49.7 Å². The van der Waals surface area contributed by atoms with E-state index in [4.69, 9.17) is 14.6 Å². The van der Waals surface area contributed by atoms with Crippen molar-refractivity contribution in [2.24, 2.45) is 11.8 Å². The lowest BCUT2D eigenvalue weighted by atomic mass is 9.97. The van der Waals surface area contributed by atoms with Crippen LogP contribution in [0.25, 0.3) is 11.1 Å². The van der Waals surface area contributed by atoms with E-state index < -0.39 is 11.9 Å². The van der Waals surface area contributed by atoms with Gasteiger partial charge in [0.2, 0.25) is 0 Å². The molecule has 0 fully saturated rings. The zero-order chi connectivity index (χ0) is 31.8. The largest absolute Gasteiger partial charge is 0.478 e. The summed E-state index contributed by atoms with van der Waals surface area (Å²) in [6.45, 7) is 12.5. The number of benzene rings is 3. The van der Waals surface area contributed by atoms with Gasteiger partial charge in [0.25, 0.3) is 0 Å². The van der Waals surface area contributed by atoms with Crippen molar-refractivity contribution in [3.05, 3.63) is 95.6 Å². The van der Waals surface area contributed by atoms with Crippen LogP contribution >= 0.6 is 0 Å². The quantitative estimate of drug-likeness (QED) is 0.189. The Hall–Kier alpha value is -3.93. The lowest BCUT2D eigenvalue weighted by molar-refractivity contribution is 0.0275. The molecule has 0 unspecified atom stereocenters. The fourth-order valence-corrected chi connectivity index (χ4v) is 4.96. The van der Waals surface area contributed by atoms with Crippen LogP contribution in [0.4, 0.5) is 0 Å². The van der Waals surface area contributed by atoms with Crippen molar-refractivity contribution in [3.8, 4) is 11.1 Å². The Morgan fingerprint density at radius 2 is 0.907 bits per heavy atom. The maximum Gasteiger partial charge on any atom is 0.338 e. The summed E-state index contributed by atoms with van der Waals surface area (Å²) in [5.74, 6) is -0.457. The van der Waals surface area contributed by atoms with Gasteiger partial charge in [-0.25, -0.2) is 14.4 Å². The number of carbonyl (C=O) groups is 3. The van der Waals surface area contributed by atoms with E-state index in [-0.39, 0.29) is 23.7 Å². The van der Waals surface area contributed by atoms with Crippen LogP contribution in [0.15, 0.2) is 78.9 Å². The number of carboxylic acids is 1. The van der Waals surface area contributed by atoms with E-state index >= 15 is 0 Å². The van der Waals surface area contributed by atoms with Crippen molar-refractivity contribution in [1.29, 1.82) is 0 Å². The van der Waals surface area contributed by atoms with Crippen LogP contribution in [-0.2, 0) is 9.47 Å². The molecule has 0 amide bonds. The SMILES string of the molecule is CCC(CC)C[C@@H](C)OC(=O)c1ccc(-c2ccccc2)cc1.CCC(CC)C[C@@H](C)OC(=O)c1ccc(C(=O)O)cc1. The smallest absolute Gasteiger partial charge is 0.338 e. The first-order valence-electron chi connectivity index (χ1n) is 15.5. The van der Waals surface area contributed by atoms with Gasteiger partial charge in [0.1, 0.15) is 0 Å². The van der Waals surface area contributed by atoms with E-state index in [9.17, 15) is 14.4 Å². The molecular weight excluding hydrogens is 540 g/mol. The van der Waals surface area contributed by atoms with Gasteiger partial charge in [0.05, 0.1) is 28.9 Å². The molecule has 0 spiro atoms. The Morgan fingerprint density at radius 3 is 1.28 bits per heavy atom. The van der Waals surface area contributed by atoms with Gasteiger partial charge in [-0.3, -0.25) is 0 Å². The van der Waals surface area contributed by atoms with Gasteiger partial charge in [-0.15, -0.1) is 0 Å². The first-order valence-corrected chi connectivity index (χ1v) is 15.5. The van der Waals surface area contributed by atoms with Crippen LogP contribution in [0.3, 0.4) is 0 Å². The number of hydrogen-bond acceptors (Lipinski definition) is 5. The summed E-state index contributed by atoms with van der Waals surface area (Å²) in [7, 11) is 0. The van der Waals surface area contributed by atoms with Crippen molar-refractivity contribution in [1.82, 2.24) is 0 Å². The number of hydrogen-bond donors (Lipinski definition) is 1. The summed E-state index contributed by atoms with van der Waals surface area (Å²) in [5.41, 5.74) is 3.40. The molecule has 6 heteroatoms. The van der Waals surface area contributed by atoms with E-state index in [1.54, 1.807) is 0 Å². The number of ether oxygens (including phenoxy) is 2. The maximum atomic E-state index is 12.2. The van der Waals surface area contributed by atoms with Crippen LogP contribution < -0.4 is 0 Å². The van der Waals surface area contributed by atoms with Gasteiger partial charge >= 0.3 is 17.9 Å². The first-order chi connectivity index (χ1) is 20.6. The van der Waals surface area contributed by atoms with Crippen molar-refractivity contribution in [2.75, 3.05) is 0 Å². The van der Waals surface area contributed by atoms with Gasteiger partial charge in [0.15, 0.2) is 0 Å². The molecule has 43 heavy (non-hydrogen) atoms. The molecule has 0 bridgehead atoms. The third-order valence-corrected chi connectivity index (χ3v) is 7.85. The third kappa shape index (κ3) is 12.1. The molecule has 232 valence electrons. The Morgan fingerprint density at radius 1 is 0.558 bits per heavy atom. The standard InChI is InChI=1S/C21H26O2.C16H22O4/c1-4-17(5-2)15-16(3)23-21(22)20-13-11-19(12-14-20)18-9-7-6-8-10-18;1-4-12(5-2)10-11(3)20-16(19)14-8-6-13(7-9-14)15(17)18/h6-14,16-17H,4-5,15H2,1-3H3;6-9,11-12H,4-5,10H2,1-3H3,(H,17,18)/t16-;11-/m11/s1. The maximum absolute atomic E-state index is 12.2. The Bertz CT molecular complexity index is 1240. The topological polar surface area (TPSA) is 89.9 Å². The Kier molecular flexibility index (Phi) is 15.2. The first kappa shape index (κ1) is 35.3. The minimum absolute atomic E-state index is 0.0406. The molecule has 3 rings (SSSR count). The molecule has 0 saturated heterocycles. The average Bonchev–Trinajstić information content (AvgIpc) is 3.03. The van der Waals surface area contributed by atoms with E-state index in [1.807, 2.05) is 56.3 Å². The molecule has 0 aliphatic heterocycles. The molecule has 0 aliphatic carbocycles. The van der Waals surface area contributed by atoms with Crippen LogP contribution in [0.2, 0.25) is 0 Å². The van der Waals surface area contributed by atoms with E-state index in [2.05, 4.69) is 39.8 Å². The molecule has 0 radical (unpaired) electrons. The summed E-state index contributed by atoms with van der Waals surface area (Å²) in [6, 6.07) is 23.5. The van der Waals surface area contributed by atoms with Gasteiger partial charge in [0, 0.05) is 0 Å². The minimum Gasteiger partial charge on any atom is -0.478 e. The molecular formula is C37H48O6. The van der Waals surface area contributed by atoms with Gasteiger partial charge in [-0.2, -0.15) is 0 Å². The molecule has 0 aromatic heterocycles. The molecule has 0 saturated carbocycles. The lowest BCUT2D eigenvalue weighted by Crippen LogP contribution is -2.18. The summed E-state index contributed by atoms with van der Waals surface area (Å²) in [5, 5.41) is 8.80. The lowest BCUT2D eigenvalue weighted by Gasteiger charge is -2.18. The highest BCUT2D eigenvalue weighted by molar-refractivity contribution is 5.92. The summed E-state index contributed by atoms with van der Waals surface area (Å²) in [6.07, 6.45) is 6.02. The number of carbonyl (C=O) groups excluding carboxylic acids is 2. The van der Waals surface area contributed by atoms with E-state index in [1.165, 1.54) is 24.3 Å². The zero-order valence-corrected chi connectivity index (χ0v) is 26.5. The molecule has 6 nitrogen and oxygen atoms in total. The normalized spacial score (nSPS) is 12.2. The third-order valence-electron chi connectivity index (χ3n) is 7.85. The fourth-order valence-electron chi connectivity index (χ4n) is 4.96. The molecule has 2 atom stereocenters. The van der Waals surface area contributed by atoms with Crippen molar-refractivity contribution in [3.63, 3.8) is 0 Å². The number of aromatic carboxylic acids is 1. The highest BCUT2D eigenvalue weighted by Gasteiger charge is 2.17. The zero-order valence-electron chi connectivity index (χ0n) is 26.5. The highest BCUT2D eigenvalue weighted by atomic mass is 16.5.